The molecule has 1 rings (SSSR count). The molecule has 0 amide bonds. The molecular weight excluding hydrogens is 316 g/mol. The van der Waals surface area contributed by atoms with Gasteiger partial charge in [0.1, 0.15) is 25.2 Å². The van der Waals surface area contributed by atoms with Gasteiger partial charge in [0, 0.05) is 12.5 Å². The van der Waals surface area contributed by atoms with Gasteiger partial charge < -0.3 is 23.7 Å². The number of rotatable bonds is 14. The largest absolute Gasteiger partial charge is 0.491 e. The van der Waals surface area contributed by atoms with E-state index in [1.54, 1.807) is 24.3 Å². The molecule has 0 fully saturated rings. The van der Waals surface area contributed by atoms with Crippen LogP contribution in [0.15, 0.2) is 24.3 Å². The van der Waals surface area contributed by atoms with Gasteiger partial charge in [0.2, 0.25) is 0 Å². The summed E-state index contributed by atoms with van der Waals surface area (Å²) in [6.45, 7) is 4.72. The van der Waals surface area contributed by atoms with Gasteiger partial charge in [-0.25, -0.2) is 0 Å². The van der Waals surface area contributed by atoms with Gasteiger partial charge in [-0.2, -0.15) is 0 Å². The smallest absolute Gasteiger partial charge is 0.302 e. The van der Waals surface area contributed by atoms with E-state index in [0.29, 0.717) is 57.6 Å². The number of aldehydes is 1. The summed E-state index contributed by atoms with van der Waals surface area (Å²) < 4.78 is 26.1. The lowest BCUT2D eigenvalue weighted by Gasteiger charge is -2.08. The molecule has 0 bridgehead atoms. The van der Waals surface area contributed by atoms with Crippen LogP contribution >= 0.6 is 0 Å². The molecular formula is C17H24O7. The van der Waals surface area contributed by atoms with Crippen LogP contribution in [0.4, 0.5) is 0 Å². The van der Waals surface area contributed by atoms with Crippen molar-refractivity contribution in [1.82, 2.24) is 0 Å². The average Bonchev–Trinajstić information content (AvgIpc) is 2.59. The van der Waals surface area contributed by atoms with E-state index in [1.165, 1.54) is 6.92 Å². The van der Waals surface area contributed by atoms with Crippen LogP contribution in [0.3, 0.4) is 0 Å². The first kappa shape index (κ1) is 20.1. The van der Waals surface area contributed by atoms with Crippen molar-refractivity contribution in [2.75, 3.05) is 52.9 Å². The summed E-state index contributed by atoms with van der Waals surface area (Å²) in [7, 11) is 0. The summed E-state index contributed by atoms with van der Waals surface area (Å²) in [6, 6.07) is 6.89. The van der Waals surface area contributed by atoms with E-state index in [4.69, 9.17) is 23.7 Å². The van der Waals surface area contributed by atoms with Crippen LogP contribution in [0.1, 0.15) is 17.3 Å². The van der Waals surface area contributed by atoms with Crippen molar-refractivity contribution >= 4 is 12.3 Å². The van der Waals surface area contributed by atoms with Gasteiger partial charge in [-0.05, 0) is 24.3 Å². The van der Waals surface area contributed by atoms with E-state index in [-0.39, 0.29) is 12.6 Å². The summed E-state index contributed by atoms with van der Waals surface area (Å²) in [5.74, 6) is 0.389. The molecule has 0 N–H and O–H groups in total. The van der Waals surface area contributed by atoms with Crippen LogP contribution in [0, 0.1) is 0 Å². The molecule has 0 unspecified atom stereocenters. The number of ether oxygens (including phenoxy) is 5. The fourth-order valence-electron chi connectivity index (χ4n) is 1.65. The Morgan fingerprint density at radius 1 is 0.833 bits per heavy atom. The molecule has 7 nitrogen and oxygen atoms in total. The SMILES string of the molecule is CC(=O)OCCOCCOCCOCCOc1ccc(C=O)cc1. The normalized spacial score (nSPS) is 10.4. The first-order valence-electron chi connectivity index (χ1n) is 7.77. The molecule has 1 aromatic rings. The van der Waals surface area contributed by atoms with Gasteiger partial charge >= 0.3 is 5.97 Å². The monoisotopic (exact) mass is 340 g/mol. The van der Waals surface area contributed by atoms with Crippen molar-refractivity contribution in [2.24, 2.45) is 0 Å². The maximum atomic E-state index is 10.5. The fraction of sp³-hybridized carbons (Fsp3) is 0.529. The third-order valence-electron chi connectivity index (χ3n) is 2.79. The Bertz CT molecular complexity index is 459. The maximum Gasteiger partial charge on any atom is 0.302 e. The summed E-state index contributed by atoms with van der Waals surface area (Å²) in [4.78, 5) is 21.0. The van der Waals surface area contributed by atoms with Crippen LogP contribution in [-0.4, -0.2) is 65.1 Å². The molecule has 0 aliphatic carbocycles. The Labute approximate surface area is 141 Å². The number of hydrogen-bond acceptors (Lipinski definition) is 7. The summed E-state index contributed by atoms with van der Waals surface area (Å²) in [5.41, 5.74) is 0.617. The van der Waals surface area contributed by atoms with Crippen molar-refractivity contribution in [1.29, 1.82) is 0 Å². The van der Waals surface area contributed by atoms with E-state index >= 15 is 0 Å². The minimum absolute atomic E-state index is 0.260. The fourth-order valence-corrected chi connectivity index (χ4v) is 1.65. The summed E-state index contributed by atoms with van der Waals surface area (Å²) >= 11 is 0. The molecule has 0 aliphatic rings. The second-order valence-corrected chi connectivity index (χ2v) is 4.71. The molecule has 1 aromatic carbocycles. The zero-order valence-electron chi connectivity index (χ0n) is 13.9. The van der Waals surface area contributed by atoms with Crippen LogP contribution in [0.5, 0.6) is 5.75 Å². The number of carbonyl (C=O) groups excluding carboxylic acids is 2. The second-order valence-electron chi connectivity index (χ2n) is 4.71. The van der Waals surface area contributed by atoms with Crippen molar-refractivity contribution in [3.8, 4) is 5.75 Å². The Morgan fingerprint density at radius 2 is 1.33 bits per heavy atom. The van der Waals surface area contributed by atoms with E-state index in [0.717, 1.165) is 6.29 Å². The highest BCUT2D eigenvalue weighted by Gasteiger charge is 1.96. The highest BCUT2D eigenvalue weighted by atomic mass is 16.6. The van der Waals surface area contributed by atoms with Gasteiger partial charge in [0.05, 0.1) is 39.6 Å². The zero-order chi connectivity index (χ0) is 17.5. The predicted octanol–water partition coefficient (Wildman–Crippen LogP) is 1.49. The topological polar surface area (TPSA) is 80.3 Å². The summed E-state index contributed by atoms with van der Waals surface area (Å²) in [6.07, 6.45) is 0.790. The first-order valence-corrected chi connectivity index (χ1v) is 7.77. The Morgan fingerprint density at radius 3 is 1.83 bits per heavy atom. The molecule has 24 heavy (non-hydrogen) atoms. The molecule has 0 radical (unpaired) electrons. The van der Waals surface area contributed by atoms with E-state index < -0.39 is 0 Å². The van der Waals surface area contributed by atoms with Gasteiger partial charge in [-0.1, -0.05) is 0 Å². The average molecular weight is 340 g/mol. The van der Waals surface area contributed by atoms with Gasteiger partial charge in [0.15, 0.2) is 0 Å². The minimum Gasteiger partial charge on any atom is -0.491 e. The lowest BCUT2D eigenvalue weighted by molar-refractivity contribution is -0.142. The van der Waals surface area contributed by atoms with Crippen LogP contribution in [0.2, 0.25) is 0 Å². The van der Waals surface area contributed by atoms with Gasteiger partial charge in [-0.15, -0.1) is 0 Å². The lowest BCUT2D eigenvalue weighted by atomic mass is 10.2. The number of hydrogen-bond donors (Lipinski definition) is 0. The van der Waals surface area contributed by atoms with Crippen molar-refractivity contribution in [2.45, 2.75) is 6.92 Å². The lowest BCUT2D eigenvalue weighted by Crippen LogP contribution is -2.14. The predicted molar refractivity (Wildman–Crippen MR) is 86.4 cm³/mol. The van der Waals surface area contributed by atoms with Gasteiger partial charge in [0.25, 0.3) is 0 Å². The third kappa shape index (κ3) is 10.7. The highest BCUT2D eigenvalue weighted by Crippen LogP contribution is 2.10. The second kappa shape index (κ2) is 13.5. The van der Waals surface area contributed by atoms with Crippen molar-refractivity contribution in [3.63, 3.8) is 0 Å². The van der Waals surface area contributed by atoms with Gasteiger partial charge in [-0.3, -0.25) is 9.59 Å². The minimum atomic E-state index is -0.311. The maximum absolute atomic E-state index is 10.5. The van der Waals surface area contributed by atoms with Crippen molar-refractivity contribution in [3.05, 3.63) is 29.8 Å². The molecule has 0 aromatic heterocycles. The first-order chi connectivity index (χ1) is 11.7. The third-order valence-corrected chi connectivity index (χ3v) is 2.79. The van der Waals surface area contributed by atoms with Crippen LogP contribution in [0.25, 0.3) is 0 Å². The molecule has 134 valence electrons. The number of benzene rings is 1. The number of esters is 1. The van der Waals surface area contributed by atoms with E-state index in [2.05, 4.69) is 0 Å². The Balaban J connectivity index is 1.83. The van der Waals surface area contributed by atoms with Crippen molar-refractivity contribution < 1.29 is 33.3 Å². The Kier molecular flexibility index (Phi) is 11.3. The van der Waals surface area contributed by atoms with E-state index in [9.17, 15) is 9.59 Å². The molecule has 0 aliphatic heterocycles. The highest BCUT2D eigenvalue weighted by molar-refractivity contribution is 5.74. The standard InChI is InChI=1S/C17H24O7/c1-15(19)23-12-10-21-8-6-20-7-9-22-11-13-24-17-4-2-16(14-18)3-5-17/h2-5,14H,6-13H2,1H3. The van der Waals surface area contributed by atoms with Crippen LogP contribution < -0.4 is 4.74 Å². The molecule has 0 spiro atoms. The molecule has 0 saturated heterocycles. The molecule has 7 heteroatoms. The zero-order valence-corrected chi connectivity index (χ0v) is 13.9. The van der Waals surface area contributed by atoms with E-state index in [1.807, 2.05) is 0 Å². The van der Waals surface area contributed by atoms with Crippen LogP contribution in [-0.2, 0) is 23.7 Å². The molecule has 0 atom stereocenters. The molecule has 0 saturated carbocycles. The number of carbonyl (C=O) groups is 2. The Hall–Kier alpha value is -1.96. The quantitative estimate of drug-likeness (QED) is 0.288. The molecule has 0 heterocycles. The summed E-state index contributed by atoms with van der Waals surface area (Å²) in [5, 5.41) is 0.